The van der Waals surface area contributed by atoms with Gasteiger partial charge >= 0.3 is 0 Å². The van der Waals surface area contributed by atoms with E-state index in [9.17, 15) is 5.11 Å². The van der Waals surface area contributed by atoms with Crippen molar-refractivity contribution in [3.05, 3.63) is 10.0 Å². The monoisotopic (exact) mass is 186 g/mol. The first-order chi connectivity index (χ1) is 5.65. The first-order valence-electron chi connectivity index (χ1n) is 4.13. The molecule has 1 rings (SSSR count). The zero-order valence-electron chi connectivity index (χ0n) is 7.61. The van der Waals surface area contributed by atoms with Crippen LogP contribution in [0.4, 0.5) is 0 Å². The van der Waals surface area contributed by atoms with E-state index >= 15 is 0 Å². The molecule has 1 aromatic rings. The van der Waals surface area contributed by atoms with Gasteiger partial charge in [0, 0.05) is 5.92 Å². The van der Waals surface area contributed by atoms with Gasteiger partial charge in [-0.25, -0.2) is 0 Å². The number of hydrogen-bond acceptors (Lipinski definition) is 4. The summed E-state index contributed by atoms with van der Waals surface area (Å²) in [5, 5.41) is 19.3. The molecule has 0 aromatic carbocycles. The molecule has 0 aliphatic heterocycles. The molecular weight excluding hydrogens is 172 g/mol. The molecular formula is C8H14N2OS. The Morgan fingerprint density at radius 1 is 1.50 bits per heavy atom. The highest BCUT2D eigenvalue weighted by molar-refractivity contribution is 7.11. The van der Waals surface area contributed by atoms with Crippen LogP contribution >= 0.6 is 11.3 Å². The largest absolute Gasteiger partial charge is 0.392 e. The molecule has 3 nitrogen and oxygen atoms in total. The van der Waals surface area contributed by atoms with Crippen LogP contribution in [0.2, 0.25) is 0 Å². The Morgan fingerprint density at radius 2 is 2.17 bits per heavy atom. The van der Waals surface area contributed by atoms with Gasteiger partial charge in [0.25, 0.3) is 0 Å². The molecule has 12 heavy (non-hydrogen) atoms. The Kier molecular flexibility index (Phi) is 3.17. The van der Waals surface area contributed by atoms with Crippen LogP contribution in [0.15, 0.2) is 0 Å². The van der Waals surface area contributed by atoms with Crippen LogP contribution in [0, 0.1) is 6.92 Å². The standard InChI is InChI=1S/C8H14N2OS/c1-4-7(11)5(2)8-10-9-6(3)12-8/h5,7,11H,4H2,1-3H3. The van der Waals surface area contributed by atoms with Gasteiger partial charge in [0.1, 0.15) is 10.0 Å². The normalized spacial score (nSPS) is 16.0. The maximum atomic E-state index is 9.53. The zero-order valence-corrected chi connectivity index (χ0v) is 8.43. The van der Waals surface area contributed by atoms with E-state index in [0.29, 0.717) is 0 Å². The number of rotatable bonds is 3. The molecule has 0 fully saturated rings. The van der Waals surface area contributed by atoms with Crippen LogP contribution in [-0.4, -0.2) is 21.4 Å². The third-order valence-electron chi connectivity index (χ3n) is 1.93. The minimum absolute atomic E-state index is 0.112. The quantitative estimate of drug-likeness (QED) is 0.781. The molecule has 4 heteroatoms. The third kappa shape index (κ3) is 2.01. The van der Waals surface area contributed by atoms with Gasteiger partial charge in [-0.1, -0.05) is 13.8 Å². The van der Waals surface area contributed by atoms with E-state index < -0.39 is 0 Å². The maximum absolute atomic E-state index is 9.53. The smallest absolute Gasteiger partial charge is 0.122 e. The Hall–Kier alpha value is -0.480. The van der Waals surface area contributed by atoms with Crippen molar-refractivity contribution in [3.63, 3.8) is 0 Å². The fraction of sp³-hybridized carbons (Fsp3) is 0.750. The zero-order chi connectivity index (χ0) is 9.14. The topological polar surface area (TPSA) is 46.0 Å². The van der Waals surface area contributed by atoms with Crippen molar-refractivity contribution in [1.82, 2.24) is 10.2 Å². The van der Waals surface area contributed by atoms with E-state index in [1.165, 1.54) is 0 Å². The second-order valence-electron chi connectivity index (χ2n) is 2.92. The summed E-state index contributed by atoms with van der Waals surface area (Å²) in [7, 11) is 0. The van der Waals surface area contributed by atoms with Crippen molar-refractivity contribution in [2.45, 2.75) is 39.2 Å². The van der Waals surface area contributed by atoms with Crippen molar-refractivity contribution < 1.29 is 5.11 Å². The van der Waals surface area contributed by atoms with Crippen molar-refractivity contribution >= 4 is 11.3 Å². The van der Waals surface area contributed by atoms with Gasteiger partial charge in [-0.15, -0.1) is 21.5 Å². The average molecular weight is 186 g/mol. The lowest BCUT2D eigenvalue weighted by atomic mass is 10.0. The molecule has 1 aromatic heterocycles. The van der Waals surface area contributed by atoms with Gasteiger partial charge in [-0.05, 0) is 13.3 Å². The highest BCUT2D eigenvalue weighted by atomic mass is 32.1. The van der Waals surface area contributed by atoms with Crippen molar-refractivity contribution in [2.24, 2.45) is 0 Å². The Balaban J connectivity index is 2.70. The van der Waals surface area contributed by atoms with E-state index in [4.69, 9.17) is 0 Å². The minimum atomic E-state index is -0.294. The molecule has 1 heterocycles. The molecule has 0 aliphatic rings. The van der Waals surface area contributed by atoms with Gasteiger partial charge in [0.2, 0.25) is 0 Å². The summed E-state index contributed by atoms with van der Waals surface area (Å²) in [5.41, 5.74) is 0. The SMILES string of the molecule is CCC(O)C(C)c1nnc(C)s1. The summed E-state index contributed by atoms with van der Waals surface area (Å²) in [6.45, 7) is 5.87. The highest BCUT2D eigenvalue weighted by Crippen LogP contribution is 2.23. The van der Waals surface area contributed by atoms with Crippen molar-refractivity contribution in [1.29, 1.82) is 0 Å². The lowest BCUT2D eigenvalue weighted by Gasteiger charge is -2.13. The Bertz CT molecular complexity index is 249. The van der Waals surface area contributed by atoms with Crippen molar-refractivity contribution in [3.8, 4) is 0 Å². The highest BCUT2D eigenvalue weighted by Gasteiger charge is 2.17. The van der Waals surface area contributed by atoms with E-state index in [2.05, 4.69) is 10.2 Å². The summed E-state index contributed by atoms with van der Waals surface area (Å²) in [4.78, 5) is 0. The van der Waals surface area contributed by atoms with E-state index in [1.54, 1.807) is 11.3 Å². The molecule has 0 amide bonds. The second-order valence-corrected chi connectivity index (χ2v) is 4.14. The number of nitrogens with zero attached hydrogens (tertiary/aromatic N) is 2. The second kappa shape index (κ2) is 3.96. The van der Waals surface area contributed by atoms with Gasteiger partial charge in [0.15, 0.2) is 0 Å². The summed E-state index contributed by atoms with van der Waals surface area (Å²) in [6, 6.07) is 0. The van der Waals surface area contributed by atoms with E-state index in [1.807, 2.05) is 20.8 Å². The molecule has 2 unspecified atom stereocenters. The number of aromatic nitrogens is 2. The van der Waals surface area contributed by atoms with Gasteiger partial charge in [-0.3, -0.25) is 0 Å². The van der Waals surface area contributed by atoms with E-state index in [-0.39, 0.29) is 12.0 Å². The molecule has 1 N–H and O–H groups in total. The van der Waals surface area contributed by atoms with Crippen LogP contribution in [0.3, 0.4) is 0 Å². The molecule has 0 saturated carbocycles. The summed E-state index contributed by atoms with van der Waals surface area (Å²) >= 11 is 1.56. The number of aliphatic hydroxyl groups is 1. The molecule has 2 atom stereocenters. The minimum Gasteiger partial charge on any atom is -0.392 e. The van der Waals surface area contributed by atoms with Crippen LogP contribution in [0.5, 0.6) is 0 Å². The molecule has 0 aliphatic carbocycles. The third-order valence-corrected chi connectivity index (χ3v) is 2.97. The lowest BCUT2D eigenvalue weighted by molar-refractivity contribution is 0.145. The molecule has 0 spiro atoms. The summed E-state index contributed by atoms with van der Waals surface area (Å²) in [5.74, 6) is 0.112. The first-order valence-corrected chi connectivity index (χ1v) is 4.94. The maximum Gasteiger partial charge on any atom is 0.122 e. The number of aliphatic hydroxyl groups excluding tert-OH is 1. The van der Waals surface area contributed by atoms with Crippen LogP contribution in [0.25, 0.3) is 0 Å². The van der Waals surface area contributed by atoms with E-state index in [0.717, 1.165) is 16.4 Å². The lowest BCUT2D eigenvalue weighted by Crippen LogP contribution is -2.14. The Morgan fingerprint density at radius 3 is 2.58 bits per heavy atom. The Labute approximate surface area is 76.5 Å². The number of hydrogen-bond donors (Lipinski definition) is 1. The van der Waals surface area contributed by atoms with Gasteiger partial charge in [0.05, 0.1) is 6.10 Å². The summed E-state index contributed by atoms with van der Waals surface area (Å²) < 4.78 is 0. The molecule has 0 bridgehead atoms. The number of aryl methyl sites for hydroxylation is 1. The molecule has 0 saturated heterocycles. The van der Waals surface area contributed by atoms with Crippen LogP contribution < -0.4 is 0 Å². The average Bonchev–Trinajstić information content (AvgIpc) is 2.49. The van der Waals surface area contributed by atoms with Gasteiger partial charge in [-0.2, -0.15) is 0 Å². The van der Waals surface area contributed by atoms with Crippen LogP contribution in [-0.2, 0) is 0 Å². The molecule has 68 valence electrons. The van der Waals surface area contributed by atoms with Gasteiger partial charge < -0.3 is 5.11 Å². The predicted octanol–water partition coefficient (Wildman–Crippen LogP) is 1.72. The fourth-order valence-electron chi connectivity index (χ4n) is 1.01. The van der Waals surface area contributed by atoms with Crippen molar-refractivity contribution in [2.75, 3.05) is 0 Å². The van der Waals surface area contributed by atoms with Crippen LogP contribution in [0.1, 0.15) is 36.2 Å². The first kappa shape index (κ1) is 9.61. The predicted molar refractivity (Wildman–Crippen MR) is 49.4 cm³/mol. The fourth-order valence-corrected chi connectivity index (χ4v) is 1.82. The molecule has 0 radical (unpaired) electrons. The summed E-state index contributed by atoms with van der Waals surface area (Å²) in [6.07, 6.45) is 0.470.